The van der Waals surface area contributed by atoms with Crippen molar-refractivity contribution in [2.45, 2.75) is 143 Å². The highest BCUT2D eigenvalue weighted by Crippen LogP contribution is 2.38. The third-order valence-corrected chi connectivity index (χ3v) is 18.8. The molecular formula is C37H63N5O4Si2. The van der Waals surface area contributed by atoms with Gasteiger partial charge in [-0.25, -0.2) is 9.78 Å². The third kappa shape index (κ3) is 10.4. The highest BCUT2D eigenvalue weighted by molar-refractivity contribution is 6.74. The van der Waals surface area contributed by atoms with Crippen LogP contribution in [0.3, 0.4) is 0 Å². The van der Waals surface area contributed by atoms with Gasteiger partial charge in [-0.3, -0.25) is 4.90 Å². The molecule has 0 bridgehead atoms. The number of amides is 1. The number of carbonyl (C=O) groups excluding carboxylic acids is 1. The zero-order valence-corrected chi connectivity index (χ0v) is 34.4. The van der Waals surface area contributed by atoms with Gasteiger partial charge in [0.05, 0.1) is 25.4 Å². The molecule has 48 heavy (non-hydrogen) atoms. The van der Waals surface area contributed by atoms with E-state index in [4.69, 9.17) is 23.7 Å². The largest absolute Gasteiger partial charge is 0.443 e. The van der Waals surface area contributed by atoms with Crippen molar-refractivity contribution in [1.29, 1.82) is 0 Å². The molecule has 0 spiro atoms. The molecule has 11 heteroatoms. The molecule has 0 fully saturated rings. The van der Waals surface area contributed by atoms with Gasteiger partial charge in [-0.05, 0) is 74.9 Å². The number of hydrogen-bond donors (Lipinski definition) is 1. The molecule has 2 heterocycles. The van der Waals surface area contributed by atoms with Crippen LogP contribution in [-0.2, 0) is 20.1 Å². The number of fused-ring (bicyclic) bond motifs is 1. The molecule has 0 saturated carbocycles. The second-order valence-corrected chi connectivity index (χ2v) is 27.0. The summed E-state index contributed by atoms with van der Waals surface area (Å²) in [6, 6.07) is 11.8. The average Bonchev–Trinajstić information content (AvgIpc) is 3.37. The Balaban J connectivity index is 2.10. The number of aromatic nitrogens is 3. The highest BCUT2D eigenvalue weighted by atomic mass is 28.4. The Kier molecular flexibility index (Phi) is 12.4. The fourth-order valence-electron chi connectivity index (χ4n) is 4.56. The van der Waals surface area contributed by atoms with E-state index in [9.17, 15) is 4.79 Å². The van der Waals surface area contributed by atoms with E-state index in [1.807, 2.05) is 63.4 Å². The monoisotopic (exact) mass is 697 g/mol. The SMILES string of the molecule is CC(C)c1cnn2c(N(Cc3ccccc3)C(=O)OC(C)(C)C)cc(NC(CCO[Si](C)(C)C(C)(C)C)CO[Si](C)(C)C(C)(C)C)nc12. The molecule has 2 aromatic heterocycles. The van der Waals surface area contributed by atoms with E-state index in [0.29, 0.717) is 37.0 Å². The molecule has 3 rings (SSSR count). The summed E-state index contributed by atoms with van der Waals surface area (Å²) in [5, 5.41) is 8.66. The maximum Gasteiger partial charge on any atom is 0.416 e. The summed E-state index contributed by atoms with van der Waals surface area (Å²) >= 11 is 0. The predicted octanol–water partition coefficient (Wildman–Crippen LogP) is 10.0. The van der Waals surface area contributed by atoms with Gasteiger partial charge in [0, 0.05) is 18.2 Å². The second kappa shape index (κ2) is 15.0. The van der Waals surface area contributed by atoms with Crippen LogP contribution in [0.2, 0.25) is 36.3 Å². The van der Waals surface area contributed by atoms with Crippen molar-refractivity contribution in [2.75, 3.05) is 23.4 Å². The molecule has 1 atom stereocenters. The van der Waals surface area contributed by atoms with Crippen LogP contribution in [0.5, 0.6) is 0 Å². The first-order valence-corrected chi connectivity index (χ1v) is 23.2. The van der Waals surface area contributed by atoms with Crippen LogP contribution in [0.15, 0.2) is 42.6 Å². The lowest BCUT2D eigenvalue weighted by Gasteiger charge is -2.38. The lowest BCUT2D eigenvalue weighted by Crippen LogP contribution is -2.45. The fraction of sp³-hybridized carbons (Fsp3) is 0.649. The molecule has 3 aromatic rings. The molecule has 0 radical (unpaired) electrons. The maximum atomic E-state index is 13.9. The lowest BCUT2D eigenvalue weighted by molar-refractivity contribution is 0.0575. The van der Waals surface area contributed by atoms with Gasteiger partial charge in [-0.2, -0.15) is 9.61 Å². The van der Waals surface area contributed by atoms with Crippen molar-refractivity contribution in [2.24, 2.45) is 0 Å². The third-order valence-electron chi connectivity index (χ3n) is 9.72. The lowest BCUT2D eigenvalue weighted by atomic mass is 10.1. The summed E-state index contributed by atoms with van der Waals surface area (Å²) in [5.41, 5.74) is 2.00. The van der Waals surface area contributed by atoms with Gasteiger partial charge < -0.3 is 18.9 Å². The minimum absolute atomic E-state index is 0.0683. The summed E-state index contributed by atoms with van der Waals surface area (Å²) in [6.45, 7) is 34.0. The van der Waals surface area contributed by atoms with Crippen molar-refractivity contribution < 1.29 is 18.4 Å². The van der Waals surface area contributed by atoms with Crippen molar-refractivity contribution in [1.82, 2.24) is 14.6 Å². The Morgan fingerprint density at radius 3 is 2.04 bits per heavy atom. The normalized spacial score (nSPS) is 14.0. The Labute approximate surface area is 292 Å². The standard InChI is InChI=1S/C37H63N5O4Si2/c1-27(2)30-24-38-42-32(41(34(43)46-35(3,4)5)25-28-19-17-16-18-20-28)23-31(40-33(30)42)39-29(26-45-48(14,15)37(9,10)11)21-22-44-47(12,13)36(6,7)8/h16-20,23-24,27,29H,21-22,25-26H2,1-15H3,(H,39,40). The first-order chi connectivity index (χ1) is 21.9. The van der Waals surface area contributed by atoms with Gasteiger partial charge >= 0.3 is 6.09 Å². The van der Waals surface area contributed by atoms with Crippen molar-refractivity contribution in [3.63, 3.8) is 0 Å². The fourth-order valence-corrected chi connectivity index (χ4v) is 6.68. The summed E-state index contributed by atoms with van der Waals surface area (Å²) in [7, 11) is -3.97. The summed E-state index contributed by atoms with van der Waals surface area (Å²) in [4.78, 5) is 20.7. The Bertz CT molecular complexity index is 1500. The molecule has 9 nitrogen and oxygen atoms in total. The van der Waals surface area contributed by atoms with Crippen LogP contribution >= 0.6 is 0 Å². The number of anilines is 2. The first kappa shape index (κ1) is 39.7. The van der Waals surface area contributed by atoms with Gasteiger partial charge in [-0.15, -0.1) is 0 Å². The van der Waals surface area contributed by atoms with E-state index in [-0.39, 0.29) is 22.0 Å². The molecule has 1 aromatic carbocycles. The van der Waals surface area contributed by atoms with Crippen molar-refractivity contribution >= 4 is 40.0 Å². The zero-order valence-electron chi connectivity index (χ0n) is 32.4. The minimum atomic E-state index is -2.03. The van der Waals surface area contributed by atoms with Crippen LogP contribution in [-0.4, -0.2) is 62.2 Å². The van der Waals surface area contributed by atoms with E-state index < -0.39 is 28.3 Å². The number of nitrogens with one attached hydrogen (secondary N) is 1. The second-order valence-electron chi connectivity index (χ2n) is 17.4. The molecule has 1 unspecified atom stereocenters. The molecule has 1 N–H and O–H groups in total. The van der Waals surface area contributed by atoms with Crippen LogP contribution in [0.25, 0.3) is 5.65 Å². The van der Waals surface area contributed by atoms with E-state index >= 15 is 0 Å². The van der Waals surface area contributed by atoms with Gasteiger partial charge in [-0.1, -0.05) is 85.7 Å². The Morgan fingerprint density at radius 1 is 0.917 bits per heavy atom. The number of nitrogens with zero attached hydrogens (tertiary/aromatic N) is 4. The Hall–Kier alpha value is -2.74. The number of hydrogen-bond acceptors (Lipinski definition) is 7. The predicted molar refractivity (Wildman–Crippen MR) is 204 cm³/mol. The molecule has 0 saturated heterocycles. The van der Waals surface area contributed by atoms with Gasteiger partial charge in [0.15, 0.2) is 22.3 Å². The molecular weight excluding hydrogens is 635 g/mol. The summed E-state index contributed by atoms with van der Waals surface area (Å²) in [5.74, 6) is 1.41. The Morgan fingerprint density at radius 2 is 1.50 bits per heavy atom. The van der Waals surface area contributed by atoms with E-state index in [0.717, 1.165) is 17.5 Å². The maximum absolute atomic E-state index is 13.9. The highest BCUT2D eigenvalue weighted by Gasteiger charge is 2.39. The minimum Gasteiger partial charge on any atom is -0.443 e. The molecule has 0 aliphatic carbocycles. The van der Waals surface area contributed by atoms with Crippen molar-refractivity contribution in [3.05, 3.63) is 53.7 Å². The quantitative estimate of drug-likeness (QED) is 0.178. The van der Waals surface area contributed by atoms with Crippen LogP contribution < -0.4 is 10.2 Å². The van der Waals surface area contributed by atoms with Gasteiger partial charge in [0.2, 0.25) is 0 Å². The number of benzene rings is 1. The van der Waals surface area contributed by atoms with E-state index in [2.05, 4.69) is 86.9 Å². The van der Waals surface area contributed by atoms with Gasteiger partial charge in [0.1, 0.15) is 17.2 Å². The number of ether oxygens (including phenoxy) is 1. The molecule has 0 aliphatic heterocycles. The molecule has 1 amide bonds. The van der Waals surface area contributed by atoms with E-state index in [1.54, 1.807) is 9.42 Å². The topological polar surface area (TPSA) is 90.2 Å². The van der Waals surface area contributed by atoms with Crippen LogP contribution in [0.4, 0.5) is 16.4 Å². The van der Waals surface area contributed by atoms with Crippen molar-refractivity contribution in [3.8, 4) is 0 Å². The summed E-state index contributed by atoms with van der Waals surface area (Å²) < 4.78 is 21.1. The first-order valence-electron chi connectivity index (χ1n) is 17.4. The number of carbonyl (C=O) groups is 1. The molecule has 0 aliphatic rings. The summed E-state index contributed by atoms with van der Waals surface area (Å²) in [6.07, 6.45) is 2.15. The van der Waals surface area contributed by atoms with Crippen LogP contribution in [0, 0.1) is 0 Å². The van der Waals surface area contributed by atoms with Gasteiger partial charge in [0.25, 0.3) is 0 Å². The average molecular weight is 698 g/mol. The van der Waals surface area contributed by atoms with E-state index in [1.165, 1.54) is 0 Å². The zero-order chi connectivity index (χ0) is 36.3. The smallest absolute Gasteiger partial charge is 0.416 e. The number of rotatable bonds is 13. The van der Waals surface area contributed by atoms with Crippen LogP contribution in [0.1, 0.15) is 99.6 Å². The molecule has 268 valence electrons.